The summed E-state index contributed by atoms with van der Waals surface area (Å²) in [5, 5.41) is 3.56. The number of nitrogens with one attached hydrogen (secondary N) is 1. The van der Waals surface area contributed by atoms with Crippen LogP contribution in [0.15, 0.2) is 12.1 Å². The summed E-state index contributed by atoms with van der Waals surface area (Å²) >= 11 is 6.11. The van der Waals surface area contributed by atoms with Crippen LogP contribution in [0, 0.1) is 6.92 Å². The molecule has 0 unspecified atom stereocenters. The molecular formula is C17H23ClN2O3. The number of halogens is 1. The Morgan fingerprint density at radius 2 is 2.00 bits per heavy atom. The molecule has 23 heavy (non-hydrogen) atoms. The molecule has 126 valence electrons. The summed E-state index contributed by atoms with van der Waals surface area (Å²) in [5.41, 5.74) is 1.38. The third-order valence-electron chi connectivity index (χ3n) is 4.15. The topological polar surface area (TPSA) is 58.6 Å². The molecule has 6 heteroatoms. The van der Waals surface area contributed by atoms with Gasteiger partial charge in [0.05, 0.1) is 12.8 Å². The molecule has 1 fully saturated rings. The maximum atomic E-state index is 12.3. The summed E-state index contributed by atoms with van der Waals surface area (Å²) < 4.78 is 5.32. The lowest BCUT2D eigenvalue weighted by Gasteiger charge is -2.24. The zero-order valence-electron chi connectivity index (χ0n) is 13.8. The molecule has 0 atom stereocenters. The Labute approximate surface area is 141 Å². The largest absolute Gasteiger partial charge is 0.495 e. The van der Waals surface area contributed by atoms with Gasteiger partial charge in [0.2, 0.25) is 11.8 Å². The predicted octanol–water partition coefficient (Wildman–Crippen LogP) is 3.07. The first-order valence-electron chi connectivity index (χ1n) is 7.84. The van der Waals surface area contributed by atoms with E-state index in [0.29, 0.717) is 16.5 Å². The van der Waals surface area contributed by atoms with E-state index < -0.39 is 0 Å². The normalized spacial score (nSPS) is 14.6. The zero-order chi connectivity index (χ0) is 17.0. The summed E-state index contributed by atoms with van der Waals surface area (Å²) in [6, 6.07) is 3.66. The lowest BCUT2D eigenvalue weighted by molar-refractivity contribution is -0.123. The summed E-state index contributed by atoms with van der Waals surface area (Å²) in [5.74, 6) is 0.109. The van der Waals surface area contributed by atoms with Crippen molar-refractivity contribution in [2.75, 3.05) is 18.6 Å². The Morgan fingerprint density at radius 3 is 2.57 bits per heavy atom. The van der Waals surface area contributed by atoms with Gasteiger partial charge in [0.1, 0.15) is 12.3 Å². The summed E-state index contributed by atoms with van der Waals surface area (Å²) in [6.07, 6.45) is 4.31. The number of hydrogen-bond acceptors (Lipinski definition) is 3. The first-order chi connectivity index (χ1) is 10.9. The number of hydrogen-bond donors (Lipinski definition) is 1. The number of aryl methyl sites for hydroxylation is 1. The Balaban J connectivity index is 2.19. The van der Waals surface area contributed by atoms with Crippen LogP contribution in [0.1, 0.15) is 38.2 Å². The Kier molecular flexibility index (Phi) is 5.88. The fraction of sp³-hybridized carbons (Fsp3) is 0.529. The number of rotatable bonds is 5. The second-order valence-electron chi connectivity index (χ2n) is 5.93. The number of carbonyl (C=O) groups excluding carboxylic acids is 2. The van der Waals surface area contributed by atoms with Gasteiger partial charge in [0.25, 0.3) is 0 Å². The smallest absolute Gasteiger partial charge is 0.240 e. The highest BCUT2D eigenvalue weighted by molar-refractivity contribution is 6.31. The fourth-order valence-electron chi connectivity index (χ4n) is 2.88. The summed E-state index contributed by atoms with van der Waals surface area (Å²) in [7, 11) is 1.52. The van der Waals surface area contributed by atoms with Gasteiger partial charge < -0.3 is 10.1 Å². The van der Waals surface area contributed by atoms with Crippen molar-refractivity contribution in [1.82, 2.24) is 5.32 Å². The van der Waals surface area contributed by atoms with Crippen molar-refractivity contribution in [2.45, 2.75) is 45.6 Å². The average Bonchev–Trinajstić information content (AvgIpc) is 2.99. The molecule has 2 amide bonds. The van der Waals surface area contributed by atoms with Crippen LogP contribution >= 0.6 is 11.6 Å². The molecule has 1 N–H and O–H groups in total. The number of methoxy groups -OCH3 is 1. The molecule has 0 aromatic heterocycles. The van der Waals surface area contributed by atoms with E-state index in [4.69, 9.17) is 16.3 Å². The van der Waals surface area contributed by atoms with Gasteiger partial charge in [-0.1, -0.05) is 24.4 Å². The minimum atomic E-state index is -0.216. The van der Waals surface area contributed by atoms with Crippen molar-refractivity contribution >= 4 is 29.1 Å². The van der Waals surface area contributed by atoms with Crippen LogP contribution in [-0.4, -0.2) is 31.5 Å². The standard InChI is InChI=1S/C17H23ClN2O3/c1-11-8-15(16(23-3)9-14(11)18)20(12(2)21)10-17(22)19-13-6-4-5-7-13/h8-9,13H,4-7,10H2,1-3H3,(H,19,22). The van der Waals surface area contributed by atoms with Crippen LogP contribution < -0.4 is 15.0 Å². The van der Waals surface area contributed by atoms with E-state index in [9.17, 15) is 9.59 Å². The molecule has 1 saturated carbocycles. The van der Waals surface area contributed by atoms with Crippen LogP contribution in [0.5, 0.6) is 5.75 Å². The molecule has 0 aliphatic heterocycles. The van der Waals surface area contributed by atoms with Crippen molar-refractivity contribution in [2.24, 2.45) is 0 Å². The van der Waals surface area contributed by atoms with Crippen molar-refractivity contribution < 1.29 is 14.3 Å². The number of amides is 2. The third kappa shape index (κ3) is 4.38. The van der Waals surface area contributed by atoms with Crippen molar-refractivity contribution in [3.63, 3.8) is 0 Å². The molecule has 0 saturated heterocycles. The highest BCUT2D eigenvalue weighted by Gasteiger charge is 2.23. The van der Waals surface area contributed by atoms with Gasteiger partial charge in [-0.05, 0) is 31.4 Å². The molecular weight excluding hydrogens is 316 g/mol. The highest BCUT2D eigenvalue weighted by Crippen LogP contribution is 2.33. The van der Waals surface area contributed by atoms with E-state index in [2.05, 4.69) is 5.32 Å². The van der Waals surface area contributed by atoms with Crippen LogP contribution in [0.3, 0.4) is 0 Å². The number of carbonyl (C=O) groups is 2. The quantitative estimate of drug-likeness (QED) is 0.897. The first kappa shape index (κ1) is 17.6. The number of anilines is 1. The molecule has 1 aromatic rings. The van der Waals surface area contributed by atoms with Gasteiger partial charge in [0, 0.05) is 24.1 Å². The maximum absolute atomic E-state index is 12.3. The second kappa shape index (κ2) is 7.68. The Hall–Kier alpha value is -1.75. The minimum absolute atomic E-state index is 0.0245. The van der Waals surface area contributed by atoms with Crippen LogP contribution in [0.2, 0.25) is 5.02 Å². The van der Waals surface area contributed by atoms with E-state index in [-0.39, 0.29) is 24.4 Å². The van der Waals surface area contributed by atoms with Crippen LogP contribution in [0.4, 0.5) is 5.69 Å². The Bertz CT molecular complexity index is 598. The second-order valence-corrected chi connectivity index (χ2v) is 6.33. The van der Waals surface area contributed by atoms with Gasteiger partial charge in [-0.25, -0.2) is 0 Å². The lowest BCUT2D eigenvalue weighted by Crippen LogP contribution is -2.43. The van der Waals surface area contributed by atoms with E-state index in [1.807, 2.05) is 6.92 Å². The van der Waals surface area contributed by atoms with Gasteiger partial charge in [-0.2, -0.15) is 0 Å². The number of ether oxygens (including phenoxy) is 1. The van der Waals surface area contributed by atoms with Gasteiger partial charge in [0.15, 0.2) is 0 Å². The molecule has 1 aliphatic rings. The predicted molar refractivity (Wildman–Crippen MR) is 91.2 cm³/mol. The molecule has 0 spiro atoms. The Morgan fingerprint density at radius 1 is 1.35 bits per heavy atom. The maximum Gasteiger partial charge on any atom is 0.240 e. The monoisotopic (exact) mass is 338 g/mol. The van der Waals surface area contributed by atoms with E-state index >= 15 is 0 Å². The van der Waals surface area contributed by atoms with Gasteiger partial charge in [-0.15, -0.1) is 0 Å². The molecule has 5 nitrogen and oxygen atoms in total. The molecule has 2 rings (SSSR count). The number of benzene rings is 1. The molecule has 1 aliphatic carbocycles. The highest BCUT2D eigenvalue weighted by atomic mass is 35.5. The number of nitrogens with zero attached hydrogens (tertiary/aromatic N) is 1. The van der Waals surface area contributed by atoms with Crippen molar-refractivity contribution in [3.05, 3.63) is 22.7 Å². The molecule has 0 radical (unpaired) electrons. The van der Waals surface area contributed by atoms with Gasteiger partial charge in [-0.3, -0.25) is 14.5 Å². The van der Waals surface area contributed by atoms with Crippen molar-refractivity contribution in [3.8, 4) is 5.75 Å². The molecule has 1 aromatic carbocycles. The van der Waals surface area contributed by atoms with Crippen LogP contribution in [-0.2, 0) is 9.59 Å². The van der Waals surface area contributed by atoms with Gasteiger partial charge >= 0.3 is 0 Å². The van der Waals surface area contributed by atoms with E-state index in [0.717, 1.165) is 31.2 Å². The molecule has 0 heterocycles. The molecule has 0 bridgehead atoms. The minimum Gasteiger partial charge on any atom is -0.495 e. The lowest BCUT2D eigenvalue weighted by atomic mass is 10.1. The third-order valence-corrected chi connectivity index (χ3v) is 4.56. The van der Waals surface area contributed by atoms with Crippen molar-refractivity contribution in [1.29, 1.82) is 0 Å². The van der Waals surface area contributed by atoms with E-state index in [1.54, 1.807) is 12.1 Å². The zero-order valence-corrected chi connectivity index (χ0v) is 14.6. The fourth-order valence-corrected chi connectivity index (χ4v) is 3.03. The first-order valence-corrected chi connectivity index (χ1v) is 8.21. The summed E-state index contributed by atoms with van der Waals surface area (Å²) in [6.45, 7) is 3.26. The average molecular weight is 339 g/mol. The van der Waals surface area contributed by atoms with Crippen LogP contribution in [0.25, 0.3) is 0 Å². The summed E-state index contributed by atoms with van der Waals surface area (Å²) in [4.78, 5) is 25.7. The SMILES string of the molecule is COc1cc(Cl)c(C)cc1N(CC(=O)NC1CCCC1)C(C)=O. The van der Waals surface area contributed by atoms with E-state index in [1.165, 1.54) is 18.9 Å².